The van der Waals surface area contributed by atoms with Crippen molar-refractivity contribution in [3.63, 3.8) is 0 Å². The van der Waals surface area contributed by atoms with Gasteiger partial charge in [-0.25, -0.2) is 0 Å². The Kier molecular flexibility index (Phi) is 2.19. The number of aliphatic hydroxyl groups is 1. The highest BCUT2D eigenvalue weighted by atomic mass is 35.5. The highest BCUT2D eigenvalue weighted by Crippen LogP contribution is 2.21. The van der Waals surface area contributed by atoms with Crippen LogP contribution in [0.15, 0.2) is 23.5 Å². The average molecular weight is 174 g/mol. The van der Waals surface area contributed by atoms with Gasteiger partial charge in [-0.2, -0.15) is 0 Å². The van der Waals surface area contributed by atoms with Crippen LogP contribution in [-0.2, 0) is 4.79 Å². The van der Waals surface area contributed by atoms with Gasteiger partial charge >= 0.3 is 0 Å². The van der Waals surface area contributed by atoms with Gasteiger partial charge in [-0.1, -0.05) is 6.08 Å². The minimum atomic E-state index is -0.512. The summed E-state index contributed by atoms with van der Waals surface area (Å²) in [7, 11) is 0. The van der Waals surface area contributed by atoms with Gasteiger partial charge in [0.1, 0.15) is 5.76 Å². The Labute approximate surface area is 69.1 Å². The molecule has 1 aliphatic rings. The second-order valence-corrected chi connectivity index (χ2v) is 2.85. The molecule has 3 N–H and O–H groups in total. The Bertz CT molecular complexity index is 245. The molecule has 11 heavy (non-hydrogen) atoms. The molecular weight excluding hydrogens is 166 g/mol. The van der Waals surface area contributed by atoms with Gasteiger partial charge in [-0.15, -0.1) is 11.6 Å². The largest absolute Gasteiger partial charge is 0.511 e. The quantitative estimate of drug-likeness (QED) is 0.578. The lowest BCUT2D eigenvalue weighted by Crippen LogP contribution is -2.19. The molecule has 0 saturated heterocycles. The van der Waals surface area contributed by atoms with Crippen molar-refractivity contribution in [3.8, 4) is 0 Å². The van der Waals surface area contributed by atoms with Crippen molar-refractivity contribution in [1.82, 2.24) is 0 Å². The minimum Gasteiger partial charge on any atom is -0.511 e. The predicted molar refractivity (Wildman–Crippen MR) is 42.2 cm³/mol. The highest BCUT2D eigenvalue weighted by Gasteiger charge is 2.18. The third kappa shape index (κ3) is 1.74. The van der Waals surface area contributed by atoms with E-state index < -0.39 is 11.3 Å². The zero-order valence-electron chi connectivity index (χ0n) is 5.75. The Hall–Kier alpha value is -0.960. The van der Waals surface area contributed by atoms with Crippen molar-refractivity contribution in [2.75, 3.05) is 0 Å². The van der Waals surface area contributed by atoms with Crippen LogP contribution >= 0.6 is 11.6 Å². The van der Waals surface area contributed by atoms with Crippen LogP contribution in [0.1, 0.15) is 6.42 Å². The number of rotatable bonds is 1. The summed E-state index contributed by atoms with van der Waals surface area (Å²) in [6.07, 6.45) is 3.18. The number of alkyl halides is 1. The van der Waals surface area contributed by atoms with E-state index in [1.54, 1.807) is 0 Å². The van der Waals surface area contributed by atoms with Crippen molar-refractivity contribution in [2.45, 2.75) is 11.8 Å². The van der Waals surface area contributed by atoms with Crippen molar-refractivity contribution in [1.29, 1.82) is 0 Å². The Balaban J connectivity index is 2.82. The van der Waals surface area contributed by atoms with E-state index >= 15 is 0 Å². The molecule has 3 nitrogen and oxygen atoms in total. The molecule has 0 heterocycles. The summed E-state index contributed by atoms with van der Waals surface area (Å²) in [5, 5.41) is 8.50. The van der Waals surface area contributed by atoms with Crippen molar-refractivity contribution < 1.29 is 9.90 Å². The summed E-state index contributed by atoms with van der Waals surface area (Å²) < 4.78 is 0. The van der Waals surface area contributed by atoms with Gasteiger partial charge in [0.05, 0.1) is 5.38 Å². The zero-order chi connectivity index (χ0) is 8.43. The molecule has 0 fully saturated rings. The van der Waals surface area contributed by atoms with Gasteiger partial charge in [0, 0.05) is 12.0 Å². The van der Waals surface area contributed by atoms with E-state index in [4.69, 9.17) is 22.4 Å². The molecule has 1 atom stereocenters. The van der Waals surface area contributed by atoms with E-state index in [0.717, 1.165) is 0 Å². The summed E-state index contributed by atoms with van der Waals surface area (Å²) in [5.74, 6) is -0.406. The number of amides is 1. The molecule has 4 heteroatoms. The first kappa shape index (κ1) is 8.14. The number of aliphatic hydroxyl groups excluding tert-OH is 1. The van der Waals surface area contributed by atoms with E-state index in [0.29, 0.717) is 12.0 Å². The molecule has 0 saturated carbocycles. The molecule has 60 valence electrons. The summed E-state index contributed by atoms with van der Waals surface area (Å²) in [6, 6.07) is 0. The first-order chi connectivity index (χ1) is 5.11. The molecule has 1 unspecified atom stereocenters. The van der Waals surface area contributed by atoms with E-state index in [2.05, 4.69) is 0 Å². The van der Waals surface area contributed by atoms with Crippen LogP contribution in [0.2, 0.25) is 0 Å². The summed E-state index contributed by atoms with van der Waals surface area (Å²) in [5.41, 5.74) is 5.45. The SMILES string of the molecule is NC(=O)C1=CC=C(O)C(Cl)C1. The Morgan fingerprint density at radius 2 is 2.36 bits per heavy atom. The van der Waals surface area contributed by atoms with Crippen LogP contribution < -0.4 is 5.73 Å². The third-order valence-electron chi connectivity index (χ3n) is 1.49. The molecule has 1 amide bonds. The zero-order valence-corrected chi connectivity index (χ0v) is 6.51. The smallest absolute Gasteiger partial charge is 0.244 e. The van der Waals surface area contributed by atoms with Crippen LogP contribution in [0.5, 0.6) is 0 Å². The average Bonchev–Trinajstić information content (AvgIpc) is 1.94. The fraction of sp³-hybridized carbons (Fsp3) is 0.286. The number of primary amides is 1. The standard InChI is InChI=1S/C7H8ClNO2/c8-5-3-4(7(9)11)1-2-6(5)10/h1-2,5,10H,3H2,(H2,9,11). The molecule has 1 rings (SSSR count). The van der Waals surface area contributed by atoms with E-state index in [1.807, 2.05) is 0 Å². The number of hydrogen-bond acceptors (Lipinski definition) is 2. The number of nitrogens with two attached hydrogens (primary N) is 1. The minimum absolute atomic E-state index is 0.0802. The lowest BCUT2D eigenvalue weighted by molar-refractivity contribution is -0.114. The van der Waals surface area contributed by atoms with Gasteiger partial charge in [-0.3, -0.25) is 4.79 Å². The normalized spacial score (nSPS) is 23.9. The second kappa shape index (κ2) is 2.96. The molecule has 1 aliphatic carbocycles. The molecule has 0 aliphatic heterocycles. The summed E-state index contributed by atoms with van der Waals surface area (Å²) in [4.78, 5) is 10.6. The van der Waals surface area contributed by atoms with Gasteiger partial charge in [-0.05, 0) is 6.08 Å². The maximum atomic E-state index is 10.6. The first-order valence-corrected chi connectivity index (χ1v) is 3.58. The lowest BCUT2D eigenvalue weighted by atomic mass is 10.0. The monoisotopic (exact) mass is 173 g/mol. The van der Waals surface area contributed by atoms with Crippen molar-refractivity contribution >= 4 is 17.5 Å². The van der Waals surface area contributed by atoms with Gasteiger partial charge in [0.25, 0.3) is 0 Å². The molecule has 0 aromatic rings. The molecular formula is C7H8ClNO2. The molecule has 0 bridgehead atoms. The second-order valence-electron chi connectivity index (χ2n) is 2.32. The predicted octanol–water partition coefficient (Wildman–Crippen LogP) is 0.851. The van der Waals surface area contributed by atoms with Gasteiger partial charge < -0.3 is 10.8 Å². The van der Waals surface area contributed by atoms with Crippen LogP contribution in [0.25, 0.3) is 0 Å². The molecule has 0 aromatic carbocycles. The Morgan fingerprint density at radius 3 is 2.82 bits per heavy atom. The number of carbonyl (C=O) groups excluding carboxylic acids is 1. The summed E-state index contributed by atoms with van der Waals surface area (Å²) >= 11 is 5.64. The van der Waals surface area contributed by atoms with E-state index in [-0.39, 0.29) is 5.76 Å². The number of hydrogen-bond donors (Lipinski definition) is 2. The first-order valence-electron chi connectivity index (χ1n) is 3.15. The maximum absolute atomic E-state index is 10.6. The molecule has 0 aromatic heterocycles. The van der Waals surface area contributed by atoms with Crippen LogP contribution in [0.3, 0.4) is 0 Å². The van der Waals surface area contributed by atoms with Crippen molar-refractivity contribution in [3.05, 3.63) is 23.5 Å². The number of allylic oxidation sites excluding steroid dienone is 3. The third-order valence-corrected chi connectivity index (χ3v) is 1.87. The maximum Gasteiger partial charge on any atom is 0.244 e. The van der Waals surface area contributed by atoms with Crippen LogP contribution in [0.4, 0.5) is 0 Å². The van der Waals surface area contributed by atoms with Gasteiger partial charge in [0.15, 0.2) is 0 Å². The lowest BCUT2D eigenvalue weighted by Gasteiger charge is -2.13. The molecule has 0 spiro atoms. The van der Waals surface area contributed by atoms with Crippen LogP contribution in [-0.4, -0.2) is 16.4 Å². The fourth-order valence-electron chi connectivity index (χ4n) is 0.839. The van der Waals surface area contributed by atoms with Gasteiger partial charge in [0.2, 0.25) is 5.91 Å². The van der Waals surface area contributed by atoms with Crippen molar-refractivity contribution in [2.24, 2.45) is 5.73 Å². The number of halogens is 1. The van der Waals surface area contributed by atoms with E-state index in [9.17, 15) is 4.79 Å². The van der Waals surface area contributed by atoms with Crippen LogP contribution in [0, 0.1) is 0 Å². The number of carbonyl (C=O) groups is 1. The van der Waals surface area contributed by atoms with E-state index in [1.165, 1.54) is 12.2 Å². The topological polar surface area (TPSA) is 63.3 Å². The summed E-state index contributed by atoms with van der Waals surface area (Å²) in [6.45, 7) is 0. The Morgan fingerprint density at radius 1 is 1.73 bits per heavy atom. The molecule has 0 radical (unpaired) electrons. The highest BCUT2D eigenvalue weighted by molar-refractivity contribution is 6.22. The fourth-order valence-corrected chi connectivity index (χ4v) is 1.08.